The molecule has 1 aromatic heterocycles. The summed E-state index contributed by atoms with van der Waals surface area (Å²) in [5.41, 5.74) is 7.91. The minimum atomic E-state index is 0.365. The fourth-order valence-corrected chi connectivity index (χ4v) is 2.76. The molecule has 1 aromatic carbocycles. The van der Waals surface area contributed by atoms with Crippen LogP contribution in [0.3, 0.4) is 0 Å². The highest BCUT2D eigenvalue weighted by atomic mass is 35.5. The van der Waals surface area contributed by atoms with Crippen molar-refractivity contribution >= 4 is 28.6 Å². The molecule has 0 amide bonds. The number of ether oxygens (including phenoxy) is 1. The van der Waals surface area contributed by atoms with Crippen molar-refractivity contribution in [3.8, 4) is 0 Å². The Balaban J connectivity index is 1.91. The molecule has 3 rings (SSSR count). The van der Waals surface area contributed by atoms with Gasteiger partial charge in [-0.2, -0.15) is 0 Å². The van der Waals surface area contributed by atoms with Crippen molar-refractivity contribution in [1.82, 2.24) is 9.55 Å². The molecule has 1 aliphatic carbocycles. The number of rotatable bonds is 3. The fraction of sp³-hybridized carbons (Fsp3) is 0.462. The van der Waals surface area contributed by atoms with E-state index in [1.807, 2.05) is 25.1 Å². The number of fused-ring (bicyclic) bond motifs is 1. The number of aromatic nitrogens is 2. The summed E-state index contributed by atoms with van der Waals surface area (Å²) in [4.78, 5) is 4.36. The monoisotopic (exact) mass is 265 g/mol. The highest BCUT2D eigenvalue weighted by molar-refractivity contribution is 6.31. The molecule has 0 aliphatic heterocycles. The SMILES string of the molecule is CCOC1CC(n2c(N)nc3cc(Cl)ccc32)C1. The normalized spacial score (nSPS) is 23.2. The molecule has 0 saturated heterocycles. The van der Waals surface area contributed by atoms with Crippen LogP contribution in [0.5, 0.6) is 0 Å². The molecule has 2 aromatic rings. The van der Waals surface area contributed by atoms with Crippen LogP contribution in [-0.4, -0.2) is 22.3 Å². The number of hydrogen-bond acceptors (Lipinski definition) is 3. The van der Waals surface area contributed by atoms with E-state index >= 15 is 0 Å². The molecule has 1 heterocycles. The minimum absolute atomic E-state index is 0.365. The van der Waals surface area contributed by atoms with Gasteiger partial charge in [-0.05, 0) is 38.0 Å². The van der Waals surface area contributed by atoms with Crippen LogP contribution in [0.1, 0.15) is 25.8 Å². The van der Waals surface area contributed by atoms with Gasteiger partial charge in [-0.3, -0.25) is 0 Å². The Bertz CT molecular complexity index is 575. The van der Waals surface area contributed by atoms with Crippen molar-refractivity contribution in [2.45, 2.75) is 31.9 Å². The molecule has 5 heteroatoms. The van der Waals surface area contributed by atoms with Gasteiger partial charge in [0.2, 0.25) is 5.95 Å². The highest BCUT2D eigenvalue weighted by Crippen LogP contribution is 2.38. The number of imidazole rings is 1. The summed E-state index contributed by atoms with van der Waals surface area (Å²) >= 11 is 5.96. The Morgan fingerprint density at radius 2 is 2.28 bits per heavy atom. The summed E-state index contributed by atoms with van der Waals surface area (Å²) in [5.74, 6) is 0.562. The molecule has 4 nitrogen and oxygen atoms in total. The number of nitrogens with zero attached hydrogens (tertiary/aromatic N) is 2. The number of nitrogen functional groups attached to an aromatic ring is 1. The van der Waals surface area contributed by atoms with Crippen molar-refractivity contribution < 1.29 is 4.74 Å². The molecule has 0 radical (unpaired) electrons. The van der Waals surface area contributed by atoms with Gasteiger partial charge in [0, 0.05) is 17.7 Å². The van der Waals surface area contributed by atoms with Crippen LogP contribution >= 0.6 is 11.6 Å². The average Bonchev–Trinajstić information content (AvgIpc) is 2.58. The maximum atomic E-state index is 6.00. The Hall–Kier alpha value is -1.26. The Kier molecular flexibility index (Phi) is 2.92. The summed E-state index contributed by atoms with van der Waals surface area (Å²) in [5, 5.41) is 0.688. The zero-order valence-corrected chi connectivity index (χ0v) is 11.0. The maximum Gasteiger partial charge on any atom is 0.201 e. The van der Waals surface area contributed by atoms with Crippen LogP contribution in [0, 0.1) is 0 Å². The second-order valence-electron chi connectivity index (χ2n) is 4.68. The van der Waals surface area contributed by atoms with Crippen LogP contribution in [0.2, 0.25) is 5.02 Å². The molecular weight excluding hydrogens is 250 g/mol. The van der Waals surface area contributed by atoms with E-state index in [4.69, 9.17) is 22.1 Å². The fourth-order valence-electron chi connectivity index (χ4n) is 2.59. The largest absolute Gasteiger partial charge is 0.378 e. The van der Waals surface area contributed by atoms with Gasteiger partial charge in [0.05, 0.1) is 17.1 Å². The third-order valence-corrected chi connectivity index (χ3v) is 3.75. The second kappa shape index (κ2) is 4.44. The first-order valence-electron chi connectivity index (χ1n) is 6.23. The summed E-state index contributed by atoms with van der Waals surface area (Å²) in [7, 11) is 0. The number of anilines is 1. The molecule has 2 N–H and O–H groups in total. The zero-order valence-electron chi connectivity index (χ0n) is 10.3. The summed E-state index contributed by atoms with van der Waals surface area (Å²) in [6.07, 6.45) is 2.38. The van der Waals surface area contributed by atoms with Crippen LogP contribution in [0.25, 0.3) is 11.0 Å². The van der Waals surface area contributed by atoms with Gasteiger partial charge in [-0.25, -0.2) is 4.98 Å². The summed E-state index contributed by atoms with van der Waals surface area (Å²) < 4.78 is 7.68. The van der Waals surface area contributed by atoms with Gasteiger partial charge in [0.15, 0.2) is 0 Å². The van der Waals surface area contributed by atoms with Gasteiger partial charge in [0.1, 0.15) is 0 Å². The van der Waals surface area contributed by atoms with Crippen LogP contribution in [0.15, 0.2) is 18.2 Å². The van der Waals surface area contributed by atoms with E-state index in [1.54, 1.807) is 0 Å². The van der Waals surface area contributed by atoms with E-state index < -0.39 is 0 Å². The first-order chi connectivity index (χ1) is 8.69. The molecule has 1 aliphatic rings. The molecule has 0 atom stereocenters. The average molecular weight is 266 g/mol. The van der Waals surface area contributed by atoms with Gasteiger partial charge in [-0.15, -0.1) is 0 Å². The van der Waals surface area contributed by atoms with Crippen molar-refractivity contribution in [1.29, 1.82) is 0 Å². The van der Waals surface area contributed by atoms with Crippen LogP contribution in [-0.2, 0) is 4.74 Å². The minimum Gasteiger partial charge on any atom is -0.378 e. The Labute approximate surface area is 111 Å². The quantitative estimate of drug-likeness (QED) is 0.928. The van der Waals surface area contributed by atoms with E-state index in [0.29, 0.717) is 23.1 Å². The molecule has 18 heavy (non-hydrogen) atoms. The number of nitrogens with two attached hydrogens (primary N) is 1. The predicted octanol–water partition coefficient (Wildman–Crippen LogP) is 3.01. The summed E-state index contributed by atoms with van der Waals surface area (Å²) in [6.45, 7) is 2.80. The number of halogens is 1. The van der Waals surface area contributed by atoms with Crippen molar-refractivity contribution in [2.75, 3.05) is 12.3 Å². The lowest BCUT2D eigenvalue weighted by Gasteiger charge is -2.36. The third-order valence-electron chi connectivity index (χ3n) is 3.52. The van der Waals surface area contributed by atoms with Crippen LogP contribution in [0.4, 0.5) is 5.95 Å². The predicted molar refractivity (Wildman–Crippen MR) is 72.8 cm³/mol. The van der Waals surface area contributed by atoms with Gasteiger partial charge in [0.25, 0.3) is 0 Å². The number of benzene rings is 1. The molecule has 1 fully saturated rings. The van der Waals surface area contributed by atoms with Gasteiger partial charge >= 0.3 is 0 Å². The molecule has 96 valence electrons. The van der Waals surface area contributed by atoms with E-state index in [9.17, 15) is 0 Å². The topological polar surface area (TPSA) is 53.1 Å². The molecule has 1 saturated carbocycles. The molecule has 0 unspecified atom stereocenters. The van der Waals surface area contributed by atoms with Crippen LogP contribution < -0.4 is 5.73 Å². The lowest BCUT2D eigenvalue weighted by molar-refractivity contribution is -0.0181. The first kappa shape index (κ1) is 11.8. The van der Waals surface area contributed by atoms with E-state index in [1.165, 1.54) is 0 Å². The lowest BCUT2D eigenvalue weighted by atomic mass is 9.89. The van der Waals surface area contributed by atoms with Gasteiger partial charge < -0.3 is 15.0 Å². The van der Waals surface area contributed by atoms with Crippen molar-refractivity contribution in [3.05, 3.63) is 23.2 Å². The first-order valence-corrected chi connectivity index (χ1v) is 6.61. The molecule has 0 spiro atoms. The maximum absolute atomic E-state index is 6.00. The Morgan fingerprint density at radius 3 is 3.00 bits per heavy atom. The second-order valence-corrected chi connectivity index (χ2v) is 5.11. The van der Waals surface area contributed by atoms with Crippen molar-refractivity contribution in [3.63, 3.8) is 0 Å². The molecular formula is C13H16ClN3O. The third kappa shape index (κ3) is 1.85. The van der Waals surface area contributed by atoms with Gasteiger partial charge in [-0.1, -0.05) is 11.6 Å². The Morgan fingerprint density at radius 1 is 1.50 bits per heavy atom. The van der Waals surface area contributed by atoms with E-state index in [-0.39, 0.29) is 0 Å². The number of hydrogen-bond donors (Lipinski definition) is 1. The lowest BCUT2D eigenvalue weighted by Crippen LogP contribution is -2.33. The van der Waals surface area contributed by atoms with E-state index in [0.717, 1.165) is 30.5 Å². The smallest absolute Gasteiger partial charge is 0.201 e. The standard InChI is InChI=1S/C13H16ClN3O/c1-2-18-10-6-9(7-10)17-12-4-3-8(14)5-11(12)16-13(17)15/h3-5,9-10H,2,6-7H2,1H3,(H2,15,16). The zero-order chi connectivity index (χ0) is 12.7. The highest BCUT2D eigenvalue weighted by Gasteiger charge is 2.33. The molecule has 0 bridgehead atoms. The van der Waals surface area contributed by atoms with Crippen molar-refractivity contribution in [2.24, 2.45) is 0 Å². The summed E-state index contributed by atoms with van der Waals surface area (Å²) in [6, 6.07) is 6.10. The van der Waals surface area contributed by atoms with E-state index in [2.05, 4.69) is 9.55 Å².